The predicted octanol–water partition coefficient (Wildman–Crippen LogP) is 4.69. The van der Waals surface area contributed by atoms with Crippen LogP contribution in [0.15, 0.2) is 22.7 Å². The summed E-state index contributed by atoms with van der Waals surface area (Å²) in [6.45, 7) is 6.31. The number of hydrogen-bond acceptors (Lipinski definition) is 2. The van der Waals surface area contributed by atoms with E-state index in [2.05, 4.69) is 21.2 Å². The minimum Gasteiger partial charge on any atom is -0.382 e. The van der Waals surface area contributed by atoms with Crippen molar-refractivity contribution in [1.82, 2.24) is 0 Å². The summed E-state index contributed by atoms with van der Waals surface area (Å²) in [6, 6.07) is 3.85. The van der Waals surface area contributed by atoms with Crippen LogP contribution in [0.4, 0.5) is 18.9 Å². The first-order valence-electron chi connectivity index (χ1n) is 5.90. The number of alkyl halides is 3. The summed E-state index contributed by atoms with van der Waals surface area (Å²) >= 11 is 3.18. The Morgan fingerprint density at radius 1 is 1.26 bits per heavy atom. The third kappa shape index (κ3) is 5.03. The van der Waals surface area contributed by atoms with Gasteiger partial charge < -0.3 is 10.1 Å². The molecule has 0 atom stereocenters. The van der Waals surface area contributed by atoms with Crippen molar-refractivity contribution in [3.05, 3.63) is 28.2 Å². The maximum atomic E-state index is 12.9. The molecule has 0 aliphatic heterocycles. The zero-order valence-corrected chi connectivity index (χ0v) is 12.7. The Kier molecular flexibility index (Phi) is 5.26. The standard InChI is InChI=1S/C13H17BrF3NO/c1-4-19-12(2,3)8-18-11-7-9(14)5-6-10(11)13(15,16)17/h5-7,18H,4,8H2,1-3H3. The Balaban J connectivity index is 2.91. The average molecular weight is 340 g/mol. The first-order valence-corrected chi connectivity index (χ1v) is 6.69. The maximum Gasteiger partial charge on any atom is 0.418 e. The minimum atomic E-state index is -4.38. The lowest BCUT2D eigenvalue weighted by Crippen LogP contribution is -2.33. The summed E-state index contributed by atoms with van der Waals surface area (Å²) < 4.78 is 44.6. The van der Waals surface area contributed by atoms with Gasteiger partial charge in [0.2, 0.25) is 0 Å². The molecule has 0 spiro atoms. The summed E-state index contributed by atoms with van der Waals surface area (Å²) in [5.41, 5.74) is -1.16. The van der Waals surface area contributed by atoms with Crippen LogP contribution in [0.2, 0.25) is 0 Å². The van der Waals surface area contributed by atoms with E-state index in [1.807, 2.05) is 20.8 Å². The molecule has 0 aliphatic carbocycles. The Bertz CT molecular complexity index is 432. The largest absolute Gasteiger partial charge is 0.418 e. The second-order valence-corrected chi connectivity index (χ2v) is 5.65. The second kappa shape index (κ2) is 6.13. The van der Waals surface area contributed by atoms with Gasteiger partial charge in [0.15, 0.2) is 0 Å². The van der Waals surface area contributed by atoms with Gasteiger partial charge in [0.25, 0.3) is 0 Å². The summed E-state index contributed by atoms with van der Waals surface area (Å²) in [5, 5.41) is 2.81. The molecular weight excluding hydrogens is 323 g/mol. The molecule has 0 amide bonds. The molecule has 1 aromatic rings. The van der Waals surface area contributed by atoms with Crippen molar-refractivity contribution in [2.24, 2.45) is 0 Å². The van der Waals surface area contributed by atoms with Gasteiger partial charge in [-0.05, 0) is 39.0 Å². The van der Waals surface area contributed by atoms with E-state index in [0.717, 1.165) is 6.07 Å². The van der Waals surface area contributed by atoms with Crippen molar-refractivity contribution < 1.29 is 17.9 Å². The van der Waals surface area contributed by atoms with E-state index in [1.54, 1.807) is 0 Å². The van der Waals surface area contributed by atoms with Crippen molar-refractivity contribution in [1.29, 1.82) is 0 Å². The highest BCUT2D eigenvalue weighted by Gasteiger charge is 2.33. The van der Waals surface area contributed by atoms with Gasteiger partial charge in [0.05, 0.1) is 11.2 Å². The molecule has 0 radical (unpaired) electrons. The Labute approximate surface area is 119 Å². The average Bonchev–Trinajstić information content (AvgIpc) is 2.25. The SMILES string of the molecule is CCOC(C)(C)CNc1cc(Br)ccc1C(F)(F)F. The van der Waals surface area contributed by atoms with E-state index < -0.39 is 17.3 Å². The zero-order chi connectivity index (χ0) is 14.7. The smallest absolute Gasteiger partial charge is 0.382 e. The molecule has 0 unspecified atom stereocenters. The molecule has 0 heterocycles. The van der Waals surface area contributed by atoms with Crippen LogP contribution < -0.4 is 5.32 Å². The summed E-state index contributed by atoms with van der Waals surface area (Å²) in [5.74, 6) is 0. The van der Waals surface area contributed by atoms with Gasteiger partial charge in [-0.2, -0.15) is 13.2 Å². The van der Waals surface area contributed by atoms with Crippen molar-refractivity contribution in [2.75, 3.05) is 18.5 Å². The molecule has 0 saturated heterocycles. The number of halogens is 4. The van der Waals surface area contributed by atoms with Crippen LogP contribution in [0.1, 0.15) is 26.3 Å². The maximum absolute atomic E-state index is 12.9. The van der Waals surface area contributed by atoms with E-state index in [4.69, 9.17) is 4.74 Å². The van der Waals surface area contributed by atoms with Gasteiger partial charge in [0.1, 0.15) is 0 Å². The molecular formula is C13H17BrF3NO. The van der Waals surface area contributed by atoms with E-state index >= 15 is 0 Å². The molecule has 0 aromatic heterocycles. The molecule has 108 valence electrons. The van der Waals surface area contributed by atoms with Gasteiger partial charge in [0, 0.05) is 23.3 Å². The highest BCUT2D eigenvalue weighted by Crippen LogP contribution is 2.36. The van der Waals surface area contributed by atoms with Crippen molar-refractivity contribution in [3.63, 3.8) is 0 Å². The lowest BCUT2D eigenvalue weighted by atomic mass is 10.1. The Morgan fingerprint density at radius 2 is 1.89 bits per heavy atom. The summed E-state index contributed by atoms with van der Waals surface area (Å²) in [7, 11) is 0. The molecule has 0 saturated carbocycles. The molecule has 6 heteroatoms. The highest BCUT2D eigenvalue weighted by molar-refractivity contribution is 9.10. The fourth-order valence-electron chi connectivity index (χ4n) is 1.66. The van der Waals surface area contributed by atoms with Crippen LogP contribution >= 0.6 is 15.9 Å². The second-order valence-electron chi connectivity index (χ2n) is 4.73. The first-order chi connectivity index (χ1) is 8.65. The molecule has 19 heavy (non-hydrogen) atoms. The molecule has 2 nitrogen and oxygen atoms in total. The lowest BCUT2D eigenvalue weighted by molar-refractivity contribution is -0.137. The van der Waals surface area contributed by atoms with Crippen LogP contribution in [-0.2, 0) is 10.9 Å². The normalized spacial score (nSPS) is 12.6. The van der Waals surface area contributed by atoms with Crippen molar-refractivity contribution >= 4 is 21.6 Å². The van der Waals surface area contributed by atoms with Crippen LogP contribution in [0.3, 0.4) is 0 Å². The van der Waals surface area contributed by atoms with E-state index in [-0.39, 0.29) is 5.69 Å². The number of rotatable bonds is 5. The highest BCUT2D eigenvalue weighted by atomic mass is 79.9. The molecule has 1 rings (SSSR count). The first kappa shape index (κ1) is 16.3. The number of benzene rings is 1. The van der Waals surface area contributed by atoms with Crippen LogP contribution in [-0.4, -0.2) is 18.8 Å². The number of nitrogens with one attached hydrogen (secondary N) is 1. The van der Waals surface area contributed by atoms with Crippen molar-refractivity contribution in [3.8, 4) is 0 Å². The van der Waals surface area contributed by atoms with Gasteiger partial charge in [-0.25, -0.2) is 0 Å². The van der Waals surface area contributed by atoms with E-state index in [0.29, 0.717) is 17.6 Å². The van der Waals surface area contributed by atoms with Gasteiger partial charge >= 0.3 is 6.18 Å². The monoisotopic (exact) mass is 339 g/mol. The fraction of sp³-hybridized carbons (Fsp3) is 0.538. The topological polar surface area (TPSA) is 21.3 Å². The number of hydrogen-bond donors (Lipinski definition) is 1. The minimum absolute atomic E-state index is 0.0506. The van der Waals surface area contributed by atoms with Crippen LogP contribution in [0.25, 0.3) is 0 Å². The van der Waals surface area contributed by atoms with Gasteiger partial charge in [-0.1, -0.05) is 15.9 Å². The van der Waals surface area contributed by atoms with Gasteiger partial charge in [-0.15, -0.1) is 0 Å². The van der Waals surface area contributed by atoms with Crippen LogP contribution in [0, 0.1) is 0 Å². The Morgan fingerprint density at radius 3 is 2.42 bits per heavy atom. The molecule has 1 aromatic carbocycles. The summed E-state index contributed by atoms with van der Waals surface area (Å²) in [4.78, 5) is 0. The lowest BCUT2D eigenvalue weighted by Gasteiger charge is -2.26. The third-order valence-electron chi connectivity index (χ3n) is 2.53. The predicted molar refractivity (Wildman–Crippen MR) is 73.3 cm³/mol. The number of anilines is 1. The summed E-state index contributed by atoms with van der Waals surface area (Å²) in [6.07, 6.45) is -4.38. The van der Waals surface area contributed by atoms with E-state index in [9.17, 15) is 13.2 Å². The fourth-order valence-corrected chi connectivity index (χ4v) is 2.02. The van der Waals surface area contributed by atoms with Gasteiger partial charge in [-0.3, -0.25) is 0 Å². The molecule has 0 bridgehead atoms. The van der Waals surface area contributed by atoms with Crippen LogP contribution in [0.5, 0.6) is 0 Å². The molecule has 0 aliphatic rings. The number of ether oxygens (including phenoxy) is 1. The Hall–Kier alpha value is -0.750. The van der Waals surface area contributed by atoms with Crippen molar-refractivity contribution in [2.45, 2.75) is 32.5 Å². The zero-order valence-electron chi connectivity index (χ0n) is 11.1. The molecule has 0 fully saturated rings. The quantitative estimate of drug-likeness (QED) is 0.839. The van der Waals surface area contributed by atoms with E-state index in [1.165, 1.54) is 12.1 Å². The molecule has 1 N–H and O–H groups in total. The third-order valence-corrected chi connectivity index (χ3v) is 3.02.